The van der Waals surface area contributed by atoms with Crippen LogP contribution in [0.4, 0.5) is 0 Å². The van der Waals surface area contributed by atoms with E-state index in [0.29, 0.717) is 5.56 Å². The van der Waals surface area contributed by atoms with Gasteiger partial charge in [0.2, 0.25) is 0 Å². The van der Waals surface area contributed by atoms with Gasteiger partial charge < -0.3 is 15.7 Å². The molecule has 86 valence electrons. The van der Waals surface area contributed by atoms with Crippen molar-refractivity contribution in [3.8, 4) is 5.75 Å². The summed E-state index contributed by atoms with van der Waals surface area (Å²) in [5.41, 5.74) is 0.315. The van der Waals surface area contributed by atoms with Crippen LogP contribution in [0.5, 0.6) is 5.75 Å². The third kappa shape index (κ3) is 2.54. The van der Waals surface area contributed by atoms with Crippen molar-refractivity contribution in [2.45, 2.75) is 12.5 Å². The van der Waals surface area contributed by atoms with Gasteiger partial charge in [0.25, 0.3) is 5.91 Å². The van der Waals surface area contributed by atoms with Gasteiger partial charge in [0.15, 0.2) is 0 Å². The minimum absolute atomic E-state index is 0.00201. The van der Waals surface area contributed by atoms with Crippen LogP contribution in [-0.2, 0) is 0 Å². The zero-order chi connectivity index (χ0) is 11.5. The average Bonchev–Trinajstić information content (AvgIpc) is 2.70. The molecule has 0 unspecified atom stereocenters. The zero-order valence-electron chi connectivity index (χ0n) is 8.66. The van der Waals surface area contributed by atoms with Crippen molar-refractivity contribution >= 4 is 21.8 Å². The van der Waals surface area contributed by atoms with Gasteiger partial charge in [-0.05, 0) is 31.2 Å². The molecule has 1 aromatic rings. The molecule has 0 aromatic heterocycles. The van der Waals surface area contributed by atoms with Crippen LogP contribution in [0.15, 0.2) is 22.7 Å². The molecule has 1 heterocycles. The van der Waals surface area contributed by atoms with Crippen molar-refractivity contribution < 1.29 is 9.90 Å². The van der Waals surface area contributed by atoms with Gasteiger partial charge in [0, 0.05) is 17.1 Å². The summed E-state index contributed by atoms with van der Waals surface area (Å²) in [6, 6.07) is 5.02. The molecule has 3 N–H and O–H groups in total. The molecule has 4 nitrogen and oxygen atoms in total. The lowest BCUT2D eigenvalue weighted by molar-refractivity contribution is 0.0937. The summed E-state index contributed by atoms with van der Waals surface area (Å²) in [7, 11) is 0. The average molecular weight is 285 g/mol. The number of hydrogen-bond acceptors (Lipinski definition) is 3. The minimum atomic E-state index is -0.223. The lowest BCUT2D eigenvalue weighted by Crippen LogP contribution is -2.36. The Hall–Kier alpha value is -1.07. The summed E-state index contributed by atoms with van der Waals surface area (Å²) >= 11 is 3.23. The molecular weight excluding hydrogens is 272 g/mol. The number of carbonyl (C=O) groups is 1. The van der Waals surface area contributed by atoms with E-state index in [9.17, 15) is 9.90 Å². The van der Waals surface area contributed by atoms with Crippen molar-refractivity contribution in [1.29, 1.82) is 0 Å². The van der Waals surface area contributed by atoms with E-state index in [0.717, 1.165) is 24.0 Å². The van der Waals surface area contributed by atoms with E-state index in [4.69, 9.17) is 0 Å². The van der Waals surface area contributed by atoms with Crippen LogP contribution < -0.4 is 10.6 Å². The van der Waals surface area contributed by atoms with Crippen molar-refractivity contribution in [3.63, 3.8) is 0 Å². The monoisotopic (exact) mass is 284 g/mol. The predicted molar refractivity (Wildman–Crippen MR) is 64.5 cm³/mol. The highest BCUT2D eigenvalue weighted by Gasteiger charge is 2.19. The molecule has 16 heavy (non-hydrogen) atoms. The van der Waals surface area contributed by atoms with Crippen molar-refractivity contribution in [1.82, 2.24) is 10.6 Å². The topological polar surface area (TPSA) is 61.4 Å². The first-order valence-electron chi connectivity index (χ1n) is 5.17. The smallest absolute Gasteiger partial charge is 0.255 e. The number of nitrogens with one attached hydrogen (secondary N) is 2. The molecule has 1 atom stereocenters. The second kappa shape index (κ2) is 4.84. The van der Waals surface area contributed by atoms with Gasteiger partial charge in [0.05, 0.1) is 5.56 Å². The lowest BCUT2D eigenvalue weighted by Gasteiger charge is -2.12. The Labute approximate surface area is 102 Å². The Morgan fingerprint density at radius 2 is 2.38 bits per heavy atom. The standard InChI is InChI=1S/C11H13BrN2O2/c12-7-1-2-9(10(15)5-7)11(16)14-8-3-4-13-6-8/h1-2,5,8,13,15H,3-4,6H2,(H,14,16)/t8-/m0/s1. The van der Waals surface area contributed by atoms with Gasteiger partial charge in [0.1, 0.15) is 5.75 Å². The fourth-order valence-electron chi connectivity index (χ4n) is 1.74. The van der Waals surface area contributed by atoms with Crippen LogP contribution in [0.25, 0.3) is 0 Å². The second-order valence-electron chi connectivity index (χ2n) is 3.82. The fourth-order valence-corrected chi connectivity index (χ4v) is 2.09. The van der Waals surface area contributed by atoms with E-state index in [2.05, 4.69) is 26.6 Å². The number of benzene rings is 1. The maximum Gasteiger partial charge on any atom is 0.255 e. The summed E-state index contributed by atoms with van der Waals surface area (Å²) in [6.07, 6.45) is 0.934. The van der Waals surface area contributed by atoms with Crippen LogP contribution in [0.2, 0.25) is 0 Å². The number of hydrogen-bond donors (Lipinski definition) is 3. The highest BCUT2D eigenvalue weighted by Crippen LogP contribution is 2.22. The van der Waals surface area contributed by atoms with E-state index in [1.807, 2.05) is 0 Å². The predicted octanol–water partition coefficient (Wildman–Crippen LogP) is 1.25. The van der Waals surface area contributed by atoms with Gasteiger partial charge in [-0.2, -0.15) is 0 Å². The molecule has 1 fully saturated rings. The van der Waals surface area contributed by atoms with Crippen LogP contribution >= 0.6 is 15.9 Å². The largest absolute Gasteiger partial charge is 0.507 e. The van der Waals surface area contributed by atoms with Crippen LogP contribution in [0.1, 0.15) is 16.8 Å². The molecule has 0 spiro atoms. The maximum absolute atomic E-state index is 11.8. The van der Waals surface area contributed by atoms with Gasteiger partial charge in [-0.1, -0.05) is 15.9 Å². The summed E-state index contributed by atoms with van der Waals surface area (Å²) in [5.74, 6) is -0.225. The normalized spacial score (nSPS) is 19.7. The lowest BCUT2D eigenvalue weighted by atomic mass is 10.1. The van der Waals surface area contributed by atoms with E-state index < -0.39 is 0 Å². The summed E-state index contributed by atoms with van der Waals surface area (Å²) in [5, 5.41) is 15.7. The second-order valence-corrected chi connectivity index (χ2v) is 4.74. The van der Waals surface area contributed by atoms with Crippen molar-refractivity contribution in [2.75, 3.05) is 13.1 Å². The number of carbonyl (C=O) groups excluding carboxylic acids is 1. The van der Waals surface area contributed by atoms with E-state index in [1.165, 1.54) is 6.07 Å². The molecule has 5 heteroatoms. The molecule has 1 aliphatic heterocycles. The van der Waals surface area contributed by atoms with Gasteiger partial charge in [-0.3, -0.25) is 4.79 Å². The fraction of sp³-hybridized carbons (Fsp3) is 0.364. The van der Waals surface area contributed by atoms with E-state index in [1.54, 1.807) is 12.1 Å². The summed E-state index contributed by atoms with van der Waals surface area (Å²) in [6.45, 7) is 1.72. The molecule has 1 amide bonds. The minimum Gasteiger partial charge on any atom is -0.507 e. The highest BCUT2D eigenvalue weighted by atomic mass is 79.9. The summed E-state index contributed by atoms with van der Waals surface area (Å²) < 4.78 is 0.754. The Morgan fingerprint density at radius 3 is 3.00 bits per heavy atom. The molecular formula is C11H13BrN2O2. The third-order valence-corrected chi connectivity index (χ3v) is 3.09. The van der Waals surface area contributed by atoms with Crippen LogP contribution in [0.3, 0.4) is 0 Å². The van der Waals surface area contributed by atoms with Crippen molar-refractivity contribution in [2.24, 2.45) is 0 Å². The number of phenols is 1. The van der Waals surface area contributed by atoms with Gasteiger partial charge >= 0.3 is 0 Å². The molecule has 0 aliphatic carbocycles. The molecule has 1 aromatic carbocycles. The maximum atomic E-state index is 11.8. The zero-order valence-corrected chi connectivity index (χ0v) is 10.3. The number of halogens is 1. The number of rotatable bonds is 2. The van der Waals surface area contributed by atoms with Gasteiger partial charge in [-0.25, -0.2) is 0 Å². The number of amides is 1. The van der Waals surface area contributed by atoms with E-state index in [-0.39, 0.29) is 17.7 Å². The highest BCUT2D eigenvalue weighted by molar-refractivity contribution is 9.10. The molecule has 0 bridgehead atoms. The van der Waals surface area contributed by atoms with Crippen molar-refractivity contribution in [3.05, 3.63) is 28.2 Å². The van der Waals surface area contributed by atoms with Gasteiger partial charge in [-0.15, -0.1) is 0 Å². The third-order valence-electron chi connectivity index (χ3n) is 2.60. The first-order valence-corrected chi connectivity index (χ1v) is 5.96. The van der Waals surface area contributed by atoms with E-state index >= 15 is 0 Å². The molecule has 2 rings (SSSR count). The Balaban J connectivity index is 2.08. The quantitative estimate of drug-likeness (QED) is 0.766. The molecule has 0 saturated carbocycles. The van der Waals surface area contributed by atoms with Crippen LogP contribution in [-0.4, -0.2) is 30.1 Å². The Bertz CT molecular complexity index is 403. The first-order chi connectivity index (χ1) is 7.66. The first kappa shape index (κ1) is 11.4. The summed E-state index contributed by atoms with van der Waals surface area (Å²) in [4.78, 5) is 11.8. The molecule has 0 radical (unpaired) electrons. The number of aromatic hydroxyl groups is 1. The Morgan fingerprint density at radius 1 is 1.56 bits per heavy atom. The number of phenolic OH excluding ortho intramolecular Hbond substituents is 1. The SMILES string of the molecule is O=C(N[C@H]1CCNC1)c1ccc(Br)cc1O. The molecule has 1 aliphatic rings. The Kier molecular flexibility index (Phi) is 3.46. The van der Waals surface area contributed by atoms with Crippen LogP contribution in [0, 0.1) is 0 Å². The molecule has 1 saturated heterocycles.